The van der Waals surface area contributed by atoms with Gasteiger partial charge in [-0.05, 0) is 43.8 Å². The van der Waals surface area contributed by atoms with Gasteiger partial charge in [0, 0.05) is 18.0 Å². The molecule has 2 heterocycles. The summed E-state index contributed by atoms with van der Waals surface area (Å²) in [4.78, 5) is 7.40. The predicted octanol–water partition coefficient (Wildman–Crippen LogP) is 2.62. The zero-order valence-corrected chi connectivity index (χ0v) is 10.5. The number of H-pyrrole nitrogens is 1. The van der Waals surface area contributed by atoms with E-state index in [2.05, 4.69) is 39.6 Å². The summed E-state index contributed by atoms with van der Waals surface area (Å²) in [6.07, 6.45) is 7.47. The summed E-state index contributed by atoms with van der Waals surface area (Å²) in [5, 5.41) is 3.42. The molecule has 3 nitrogen and oxygen atoms in total. The molecule has 1 fully saturated rings. The Morgan fingerprint density at radius 3 is 2.56 bits per heavy atom. The third-order valence-corrected chi connectivity index (χ3v) is 3.71. The van der Waals surface area contributed by atoms with Crippen LogP contribution in [-0.4, -0.2) is 23.1 Å². The summed E-state index contributed by atoms with van der Waals surface area (Å²) in [6.45, 7) is 2.35. The van der Waals surface area contributed by atoms with Crippen molar-refractivity contribution in [1.29, 1.82) is 0 Å². The molecule has 3 heteroatoms. The number of nitrogens with zero attached hydrogens (tertiary/aromatic N) is 1. The van der Waals surface area contributed by atoms with Crippen LogP contribution in [0.5, 0.6) is 0 Å². The minimum Gasteiger partial charge on any atom is -0.345 e. The van der Waals surface area contributed by atoms with E-state index in [1.54, 1.807) is 6.20 Å². The van der Waals surface area contributed by atoms with E-state index in [-0.39, 0.29) is 0 Å². The molecular weight excluding hydrogens is 222 g/mol. The molecule has 0 unspecified atom stereocenters. The molecule has 1 aromatic heterocycles. The first-order chi connectivity index (χ1) is 8.92. The van der Waals surface area contributed by atoms with E-state index in [0.29, 0.717) is 0 Å². The molecule has 1 aliphatic rings. The molecular formula is C15H19N3. The molecule has 94 valence electrons. The van der Waals surface area contributed by atoms with E-state index in [0.717, 1.165) is 17.3 Å². The Balaban J connectivity index is 1.67. The highest BCUT2D eigenvalue weighted by Gasteiger charge is 2.13. The minimum atomic E-state index is 0.848. The van der Waals surface area contributed by atoms with Crippen molar-refractivity contribution in [2.45, 2.75) is 19.3 Å². The predicted molar refractivity (Wildman–Crippen MR) is 73.3 cm³/mol. The second kappa shape index (κ2) is 5.36. The van der Waals surface area contributed by atoms with E-state index >= 15 is 0 Å². The SMILES string of the molecule is c1c[nH]c(-c2ccc(CC3CCNCC3)cc2)n1. The summed E-state index contributed by atoms with van der Waals surface area (Å²) in [5.41, 5.74) is 2.60. The lowest BCUT2D eigenvalue weighted by Crippen LogP contribution is -2.28. The maximum atomic E-state index is 4.27. The van der Waals surface area contributed by atoms with Gasteiger partial charge < -0.3 is 10.3 Å². The van der Waals surface area contributed by atoms with Gasteiger partial charge >= 0.3 is 0 Å². The Morgan fingerprint density at radius 1 is 1.11 bits per heavy atom. The second-order valence-corrected chi connectivity index (χ2v) is 5.03. The highest BCUT2D eigenvalue weighted by atomic mass is 14.9. The molecule has 18 heavy (non-hydrogen) atoms. The van der Waals surface area contributed by atoms with Gasteiger partial charge in [-0.3, -0.25) is 0 Å². The number of rotatable bonds is 3. The lowest BCUT2D eigenvalue weighted by Gasteiger charge is -2.22. The van der Waals surface area contributed by atoms with E-state index in [1.165, 1.54) is 37.9 Å². The van der Waals surface area contributed by atoms with Crippen LogP contribution in [0.3, 0.4) is 0 Å². The van der Waals surface area contributed by atoms with Gasteiger partial charge in [0.25, 0.3) is 0 Å². The first kappa shape index (κ1) is 11.5. The van der Waals surface area contributed by atoms with Crippen molar-refractivity contribution in [1.82, 2.24) is 15.3 Å². The lowest BCUT2D eigenvalue weighted by molar-refractivity contribution is 0.372. The van der Waals surface area contributed by atoms with Crippen LogP contribution in [0.25, 0.3) is 11.4 Å². The zero-order valence-electron chi connectivity index (χ0n) is 10.5. The molecule has 0 spiro atoms. The average Bonchev–Trinajstić information content (AvgIpc) is 2.95. The summed E-state index contributed by atoms with van der Waals surface area (Å²) >= 11 is 0. The maximum absolute atomic E-state index is 4.27. The van der Waals surface area contributed by atoms with Crippen molar-refractivity contribution in [3.8, 4) is 11.4 Å². The number of nitrogens with one attached hydrogen (secondary N) is 2. The fraction of sp³-hybridized carbons (Fsp3) is 0.400. The minimum absolute atomic E-state index is 0.848. The van der Waals surface area contributed by atoms with Crippen molar-refractivity contribution in [3.05, 3.63) is 42.2 Å². The normalized spacial score (nSPS) is 16.9. The molecule has 0 radical (unpaired) electrons. The zero-order chi connectivity index (χ0) is 12.2. The van der Waals surface area contributed by atoms with Crippen molar-refractivity contribution in [2.24, 2.45) is 5.92 Å². The van der Waals surface area contributed by atoms with E-state index in [1.807, 2.05) is 6.20 Å². The van der Waals surface area contributed by atoms with Crippen LogP contribution in [0, 0.1) is 5.92 Å². The molecule has 2 N–H and O–H groups in total. The number of hydrogen-bond donors (Lipinski definition) is 2. The summed E-state index contributed by atoms with van der Waals surface area (Å²) < 4.78 is 0. The fourth-order valence-electron chi connectivity index (χ4n) is 2.64. The van der Waals surface area contributed by atoms with Gasteiger partial charge in [0.2, 0.25) is 0 Å². The molecule has 3 rings (SSSR count). The van der Waals surface area contributed by atoms with Crippen LogP contribution in [0.4, 0.5) is 0 Å². The largest absolute Gasteiger partial charge is 0.345 e. The van der Waals surface area contributed by atoms with Crippen LogP contribution in [0.2, 0.25) is 0 Å². The molecule has 0 aliphatic carbocycles. The Kier molecular flexibility index (Phi) is 3.42. The first-order valence-electron chi connectivity index (χ1n) is 6.71. The standard InChI is InChI=1S/C15H19N3/c1-3-14(15-17-9-10-18-15)4-2-12(1)11-13-5-7-16-8-6-13/h1-4,9-10,13,16H,5-8,11H2,(H,17,18). The van der Waals surface area contributed by atoms with Gasteiger partial charge in [-0.25, -0.2) is 4.98 Å². The smallest absolute Gasteiger partial charge is 0.137 e. The molecule has 1 aliphatic heterocycles. The third kappa shape index (κ3) is 2.62. The van der Waals surface area contributed by atoms with Crippen molar-refractivity contribution in [3.63, 3.8) is 0 Å². The lowest BCUT2D eigenvalue weighted by atomic mass is 9.91. The Hall–Kier alpha value is -1.61. The summed E-state index contributed by atoms with van der Waals surface area (Å²) in [7, 11) is 0. The Labute approximate surface area is 108 Å². The Morgan fingerprint density at radius 2 is 1.89 bits per heavy atom. The van der Waals surface area contributed by atoms with Crippen LogP contribution < -0.4 is 5.32 Å². The fourth-order valence-corrected chi connectivity index (χ4v) is 2.64. The number of aromatic nitrogens is 2. The number of hydrogen-bond acceptors (Lipinski definition) is 2. The van der Waals surface area contributed by atoms with Crippen molar-refractivity contribution < 1.29 is 0 Å². The third-order valence-electron chi connectivity index (χ3n) is 3.71. The Bertz CT molecular complexity index is 467. The van der Waals surface area contributed by atoms with Gasteiger partial charge in [0.1, 0.15) is 5.82 Å². The molecule has 0 saturated carbocycles. The second-order valence-electron chi connectivity index (χ2n) is 5.03. The topological polar surface area (TPSA) is 40.7 Å². The quantitative estimate of drug-likeness (QED) is 0.867. The number of imidazole rings is 1. The van der Waals surface area contributed by atoms with Crippen molar-refractivity contribution >= 4 is 0 Å². The molecule has 1 saturated heterocycles. The van der Waals surface area contributed by atoms with Crippen molar-refractivity contribution in [2.75, 3.05) is 13.1 Å². The molecule has 0 atom stereocenters. The number of benzene rings is 1. The van der Waals surface area contributed by atoms with Crippen LogP contribution in [0.15, 0.2) is 36.7 Å². The van der Waals surface area contributed by atoms with Crippen LogP contribution >= 0.6 is 0 Å². The average molecular weight is 241 g/mol. The molecule has 1 aromatic carbocycles. The summed E-state index contributed by atoms with van der Waals surface area (Å²) in [6, 6.07) is 8.80. The van der Waals surface area contributed by atoms with Gasteiger partial charge in [0.15, 0.2) is 0 Å². The van der Waals surface area contributed by atoms with E-state index in [4.69, 9.17) is 0 Å². The van der Waals surface area contributed by atoms with E-state index in [9.17, 15) is 0 Å². The monoisotopic (exact) mass is 241 g/mol. The number of aromatic amines is 1. The first-order valence-corrected chi connectivity index (χ1v) is 6.71. The summed E-state index contributed by atoms with van der Waals surface area (Å²) in [5.74, 6) is 1.80. The van der Waals surface area contributed by atoms with Crippen LogP contribution in [-0.2, 0) is 6.42 Å². The van der Waals surface area contributed by atoms with E-state index < -0.39 is 0 Å². The molecule has 0 bridgehead atoms. The highest BCUT2D eigenvalue weighted by molar-refractivity contribution is 5.55. The molecule has 2 aromatic rings. The highest BCUT2D eigenvalue weighted by Crippen LogP contribution is 2.20. The van der Waals surface area contributed by atoms with Gasteiger partial charge in [0.05, 0.1) is 0 Å². The van der Waals surface area contributed by atoms with Gasteiger partial charge in [-0.2, -0.15) is 0 Å². The molecule has 0 amide bonds. The van der Waals surface area contributed by atoms with Gasteiger partial charge in [-0.15, -0.1) is 0 Å². The van der Waals surface area contributed by atoms with Gasteiger partial charge in [-0.1, -0.05) is 24.3 Å². The maximum Gasteiger partial charge on any atom is 0.137 e. The number of piperidine rings is 1. The van der Waals surface area contributed by atoms with Crippen LogP contribution in [0.1, 0.15) is 18.4 Å².